The number of amidine groups is 1. The van der Waals surface area contributed by atoms with E-state index < -0.39 is 5.41 Å². The summed E-state index contributed by atoms with van der Waals surface area (Å²) in [7, 11) is 0. The number of amides is 1. The average Bonchev–Trinajstić information content (AvgIpc) is 2.86. The van der Waals surface area contributed by atoms with Crippen molar-refractivity contribution < 1.29 is 14.5 Å². The minimum absolute atomic E-state index is 0.0737. The molecule has 0 fully saturated rings. The van der Waals surface area contributed by atoms with Crippen molar-refractivity contribution >= 4 is 11.7 Å². The zero-order valence-electron chi connectivity index (χ0n) is 12.0. The minimum Gasteiger partial charge on any atom is -0.409 e. The Balaban J connectivity index is 2.63. The fourth-order valence-corrected chi connectivity index (χ4v) is 2.05. The van der Waals surface area contributed by atoms with Crippen LogP contribution in [0.15, 0.2) is 9.68 Å². The number of carbonyl (C=O) groups is 1. The van der Waals surface area contributed by atoms with Gasteiger partial charge in [0, 0.05) is 19.9 Å². The van der Waals surface area contributed by atoms with Crippen molar-refractivity contribution in [3.63, 3.8) is 0 Å². The first kappa shape index (κ1) is 15.9. The van der Waals surface area contributed by atoms with Gasteiger partial charge in [-0.2, -0.15) is 4.98 Å². The van der Waals surface area contributed by atoms with Crippen molar-refractivity contribution in [2.75, 3.05) is 6.54 Å². The number of aryl methyl sites for hydroxylation is 1. The lowest BCUT2D eigenvalue weighted by Crippen LogP contribution is -2.49. The van der Waals surface area contributed by atoms with E-state index in [1.807, 2.05) is 13.8 Å². The Hall–Kier alpha value is -2.12. The van der Waals surface area contributed by atoms with E-state index in [-0.39, 0.29) is 11.7 Å². The van der Waals surface area contributed by atoms with Gasteiger partial charge in [-0.05, 0) is 12.8 Å². The average molecular weight is 283 g/mol. The second-order valence-corrected chi connectivity index (χ2v) is 4.51. The maximum Gasteiger partial charge on any atom is 0.233 e. The zero-order chi connectivity index (χ0) is 15.2. The Morgan fingerprint density at radius 1 is 1.50 bits per heavy atom. The number of hydrogen-bond acceptors (Lipinski definition) is 6. The maximum atomic E-state index is 12.3. The summed E-state index contributed by atoms with van der Waals surface area (Å²) in [5.41, 5.74) is 4.68. The molecular weight excluding hydrogens is 262 g/mol. The van der Waals surface area contributed by atoms with E-state index in [1.54, 1.807) is 6.92 Å². The Morgan fingerprint density at radius 2 is 2.15 bits per heavy atom. The number of rotatable bonds is 7. The molecule has 8 heteroatoms. The van der Waals surface area contributed by atoms with Crippen LogP contribution in [0.3, 0.4) is 0 Å². The zero-order valence-corrected chi connectivity index (χ0v) is 12.0. The van der Waals surface area contributed by atoms with Gasteiger partial charge in [-0.1, -0.05) is 24.2 Å². The Kier molecular flexibility index (Phi) is 5.48. The highest BCUT2D eigenvalue weighted by Gasteiger charge is 2.39. The van der Waals surface area contributed by atoms with Crippen LogP contribution in [0.4, 0.5) is 0 Å². The van der Waals surface area contributed by atoms with Crippen LogP contribution in [-0.2, 0) is 11.2 Å². The lowest BCUT2D eigenvalue weighted by molar-refractivity contribution is -0.127. The number of hydrogen-bond donors (Lipinski definition) is 3. The maximum absolute atomic E-state index is 12.3. The number of nitrogens with two attached hydrogens (primary N) is 1. The standard InChI is InChI=1S/C12H21N5O3/c1-4-12(5-2,10(13)16-19)11(18)14-7-6-9-15-8(3)20-17-9/h19H,4-7H2,1-3H3,(H2,13,16)(H,14,18). The number of carbonyl (C=O) groups excluding carboxylic acids is 1. The Morgan fingerprint density at radius 3 is 2.60 bits per heavy atom. The van der Waals surface area contributed by atoms with Crippen LogP contribution in [-0.4, -0.2) is 33.6 Å². The molecule has 0 saturated carbocycles. The second-order valence-electron chi connectivity index (χ2n) is 4.51. The molecule has 0 aliphatic carbocycles. The lowest BCUT2D eigenvalue weighted by atomic mass is 9.80. The summed E-state index contributed by atoms with van der Waals surface area (Å²) in [5, 5.41) is 18.3. The SMILES string of the molecule is CCC(CC)(C(=O)NCCc1noc(C)n1)C(N)=NO. The van der Waals surface area contributed by atoms with Crippen LogP contribution in [0.25, 0.3) is 0 Å². The molecule has 0 unspecified atom stereocenters. The quantitative estimate of drug-likeness (QED) is 0.291. The van der Waals surface area contributed by atoms with Gasteiger partial charge in [-0.25, -0.2) is 0 Å². The molecule has 20 heavy (non-hydrogen) atoms. The van der Waals surface area contributed by atoms with Crippen molar-refractivity contribution in [2.45, 2.75) is 40.0 Å². The highest BCUT2D eigenvalue weighted by atomic mass is 16.5. The summed E-state index contributed by atoms with van der Waals surface area (Å²) in [6.45, 7) is 5.71. The number of aromatic nitrogens is 2. The van der Waals surface area contributed by atoms with E-state index in [4.69, 9.17) is 15.5 Å². The molecule has 0 aliphatic heterocycles. The molecule has 0 radical (unpaired) electrons. The molecule has 1 aromatic heterocycles. The van der Waals surface area contributed by atoms with Gasteiger partial charge < -0.3 is 20.8 Å². The molecule has 0 spiro atoms. The summed E-state index contributed by atoms with van der Waals surface area (Å²) in [4.78, 5) is 16.3. The molecule has 1 heterocycles. The molecule has 0 aliphatic rings. The van der Waals surface area contributed by atoms with Gasteiger partial charge in [0.25, 0.3) is 0 Å². The molecule has 4 N–H and O–H groups in total. The summed E-state index contributed by atoms with van der Waals surface area (Å²) in [5.74, 6) is 0.679. The van der Waals surface area contributed by atoms with Crippen molar-refractivity contribution in [3.8, 4) is 0 Å². The highest BCUT2D eigenvalue weighted by Crippen LogP contribution is 2.26. The van der Waals surface area contributed by atoms with Crippen LogP contribution in [0.1, 0.15) is 38.4 Å². The van der Waals surface area contributed by atoms with Crippen LogP contribution in [0.5, 0.6) is 0 Å². The summed E-state index contributed by atoms with van der Waals surface area (Å²) >= 11 is 0. The predicted molar refractivity (Wildman–Crippen MR) is 72.2 cm³/mol. The molecule has 1 aromatic rings. The molecule has 0 aromatic carbocycles. The Bertz CT molecular complexity index is 479. The molecular formula is C12H21N5O3. The summed E-state index contributed by atoms with van der Waals surface area (Å²) in [6, 6.07) is 0. The molecule has 112 valence electrons. The molecule has 8 nitrogen and oxygen atoms in total. The lowest BCUT2D eigenvalue weighted by Gasteiger charge is -2.28. The molecule has 0 saturated heterocycles. The third-order valence-electron chi connectivity index (χ3n) is 3.44. The number of oxime groups is 1. The largest absolute Gasteiger partial charge is 0.409 e. The van der Waals surface area contributed by atoms with Gasteiger partial charge in [0.05, 0.1) is 0 Å². The van der Waals surface area contributed by atoms with Crippen LogP contribution >= 0.6 is 0 Å². The van der Waals surface area contributed by atoms with E-state index in [2.05, 4.69) is 20.6 Å². The normalized spacial score (nSPS) is 12.4. The van der Waals surface area contributed by atoms with Crippen LogP contribution in [0, 0.1) is 12.3 Å². The number of nitrogens with one attached hydrogen (secondary N) is 1. The Labute approximate surface area is 117 Å². The molecule has 1 amide bonds. The van der Waals surface area contributed by atoms with Gasteiger partial charge in [0.2, 0.25) is 11.8 Å². The van der Waals surface area contributed by atoms with Crippen LogP contribution in [0.2, 0.25) is 0 Å². The predicted octanol–water partition coefficient (Wildman–Crippen LogP) is 0.590. The van der Waals surface area contributed by atoms with Gasteiger partial charge in [0.1, 0.15) is 5.41 Å². The van der Waals surface area contributed by atoms with E-state index in [9.17, 15) is 4.79 Å². The fourth-order valence-electron chi connectivity index (χ4n) is 2.05. The molecule has 0 bridgehead atoms. The third-order valence-corrected chi connectivity index (χ3v) is 3.44. The van der Waals surface area contributed by atoms with E-state index >= 15 is 0 Å². The van der Waals surface area contributed by atoms with E-state index in [0.717, 1.165) is 0 Å². The van der Waals surface area contributed by atoms with Gasteiger partial charge in [0.15, 0.2) is 11.7 Å². The van der Waals surface area contributed by atoms with Gasteiger partial charge >= 0.3 is 0 Å². The van der Waals surface area contributed by atoms with Gasteiger partial charge in [-0.3, -0.25) is 4.79 Å². The van der Waals surface area contributed by atoms with Crippen molar-refractivity contribution in [2.24, 2.45) is 16.3 Å². The van der Waals surface area contributed by atoms with E-state index in [1.165, 1.54) is 0 Å². The molecule has 1 rings (SSSR count). The first-order chi connectivity index (χ1) is 9.50. The monoisotopic (exact) mass is 283 g/mol. The van der Waals surface area contributed by atoms with Crippen LogP contribution < -0.4 is 11.1 Å². The van der Waals surface area contributed by atoms with Crippen molar-refractivity contribution in [3.05, 3.63) is 11.7 Å². The third kappa shape index (κ3) is 3.25. The fraction of sp³-hybridized carbons (Fsp3) is 0.667. The summed E-state index contributed by atoms with van der Waals surface area (Å²) < 4.78 is 4.84. The minimum atomic E-state index is -0.984. The smallest absolute Gasteiger partial charge is 0.233 e. The van der Waals surface area contributed by atoms with Gasteiger partial charge in [-0.15, -0.1) is 0 Å². The number of nitrogens with zero attached hydrogens (tertiary/aromatic N) is 3. The summed E-state index contributed by atoms with van der Waals surface area (Å²) in [6.07, 6.45) is 1.36. The topological polar surface area (TPSA) is 127 Å². The second kappa shape index (κ2) is 6.88. The van der Waals surface area contributed by atoms with Crippen molar-refractivity contribution in [1.82, 2.24) is 15.5 Å². The molecule has 0 atom stereocenters. The van der Waals surface area contributed by atoms with Crippen molar-refractivity contribution in [1.29, 1.82) is 0 Å². The highest BCUT2D eigenvalue weighted by molar-refractivity contribution is 6.06. The van der Waals surface area contributed by atoms with E-state index in [0.29, 0.717) is 37.5 Å². The first-order valence-corrected chi connectivity index (χ1v) is 6.55. The first-order valence-electron chi connectivity index (χ1n) is 6.55.